The average Bonchev–Trinajstić information content (AvgIpc) is 3.88. The third-order valence-corrected chi connectivity index (χ3v) is 11.3. The van der Waals surface area contributed by atoms with Gasteiger partial charge in [0, 0.05) is 24.7 Å². The van der Waals surface area contributed by atoms with E-state index >= 15 is 0 Å². The molecule has 9 amide bonds. The zero-order valence-electron chi connectivity index (χ0n) is 40.3. The summed E-state index contributed by atoms with van der Waals surface area (Å²) in [6.07, 6.45) is 4.03. The highest BCUT2D eigenvalue weighted by Crippen LogP contribution is 2.13. The van der Waals surface area contributed by atoms with E-state index < -0.39 is 159 Å². The lowest BCUT2D eigenvalue weighted by Crippen LogP contribution is -2.62. The topological polar surface area (TPSA) is 475 Å². The molecule has 1 heterocycles. The molecule has 2 rings (SSSR count). The highest BCUT2D eigenvalue weighted by Gasteiger charge is 2.36. The number of H-pyrrole nitrogens is 1. The number of carboxylic acid groups (broad SMARTS) is 1. The predicted octanol–water partition coefficient (Wildman–Crippen LogP) is -7.93. The van der Waals surface area contributed by atoms with Gasteiger partial charge in [0.25, 0.3) is 0 Å². The number of phenolic OH excluding ortho intramolecular Hbond substituents is 1. The zero-order chi connectivity index (χ0) is 54.9. The second kappa shape index (κ2) is 31.5. The minimum atomic E-state index is -1.85. The number of aliphatic hydroxyl groups excluding tert-OH is 5. The Morgan fingerprint density at radius 2 is 1.00 bits per heavy atom. The number of thioether (sulfide) groups is 1. The molecular formula is C43H66N12O17S. The van der Waals surface area contributed by atoms with Crippen molar-refractivity contribution in [2.75, 3.05) is 45.0 Å². The average molecular weight is 1060 g/mol. The first-order valence-corrected chi connectivity index (χ1v) is 23.9. The van der Waals surface area contributed by atoms with Gasteiger partial charge < -0.3 is 94.3 Å². The lowest BCUT2D eigenvalue weighted by Gasteiger charge is -2.28. The summed E-state index contributed by atoms with van der Waals surface area (Å²) in [7, 11) is 0. The number of carboxylic acids is 1. The van der Waals surface area contributed by atoms with Gasteiger partial charge in [0.1, 0.15) is 66.2 Å². The van der Waals surface area contributed by atoms with Crippen LogP contribution in [0.25, 0.3) is 0 Å². The second-order valence-corrected chi connectivity index (χ2v) is 17.7. The summed E-state index contributed by atoms with van der Waals surface area (Å²) in [5, 5.41) is 89.2. The second-order valence-electron chi connectivity index (χ2n) is 16.7. The predicted molar refractivity (Wildman–Crippen MR) is 256 cm³/mol. The SMILES string of the molecule is CSCC[C@H](NC(=O)[C@H](Cc1ccc(O)cc1)NC(=O)[C@H](CO)NC(=O)[C@@H](NC(=O)[C@H](CO)NC(=O)[C@H](CO)NC(=O)[C@H](CO)NC(=O)[C@H](C)NC(=O)[C@@H](N)CO)C(C)C)C(=O)N[C@@H](Cc1cnc[nH]1)C(=O)O. The number of aromatic nitrogens is 2. The van der Waals surface area contributed by atoms with Crippen molar-refractivity contribution in [3.63, 3.8) is 0 Å². The number of rotatable bonds is 32. The molecule has 30 heteroatoms. The Bertz CT molecular complexity index is 2170. The zero-order valence-corrected chi connectivity index (χ0v) is 41.1. The number of carbonyl (C=O) groups is 10. The molecule has 0 fully saturated rings. The number of hydrogen-bond acceptors (Lipinski definition) is 19. The number of imidazole rings is 1. The number of nitrogens with two attached hydrogens (primary N) is 1. The third-order valence-electron chi connectivity index (χ3n) is 10.6. The fraction of sp³-hybridized carbons (Fsp3) is 0.558. The molecule has 10 atom stereocenters. The molecule has 0 aliphatic carbocycles. The molecule has 0 bridgehead atoms. The van der Waals surface area contributed by atoms with Crippen LogP contribution < -0.4 is 53.6 Å². The van der Waals surface area contributed by atoms with Gasteiger partial charge in [-0.05, 0) is 49.0 Å². The number of nitrogens with one attached hydrogen (secondary N) is 10. The van der Waals surface area contributed by atoms with Gasteiger partial charge in [-0.1, -0.05) is 26.0 Å². The van der Waals surface area contributed by atoms with Gasteiger partial charge in [0.05, 0.1) is 39.4 Å². The van der Waals surface area contributed by atoms with Gasteiger partial charge in [-0.25, -0.2) is 9.78 Å². The molecule has 0 radical (unpaired) electrons. The van der Waals surface area contributed by atoms with Crippen LogP contribution in [0.2, 0.25) is 0 Å². The van der Waals surface area contributed by atoms with Crippen molar-refractivity contribution in [2.24, 2.45) is 11.7 Å². The largest absolute Gasteiger partial charge is 0.508 e. The molecule has 0 aliphatic heterocycles. The highest BCUT2D eigenvalue weighted by atomic mass is 32.2. The van der Waals surface area contributed by atoms with Gasteiger partial charge in [0.2, 0.25) is 53.2 Å². The van der Waals surface area contributed by atoms with Crippen molar-refractivity contribution in [2.45, 2.75) is 100 Å². The van der Waals surface area contributed by atoms with E-state index in [-0.39, 0.29) is 25.0 Å². The van der Waals surface area contributed by atoms with Crippen LogP contribution in [0.15, 0.2) is 36.8 Å². The van der Waals surface area contributed by atoms with Gasteiger partial charge in [-0.2, -0.15) is 11.8 Å². The van der Waals surface area contributed by atoms with Gasteiger partial charge in [0.15, 0.2) is 0 Å². The van der Waals surface area contributed by atoms with Gasteiger partial charge >= 0.3 is 5.97 Å². The molecule has 0 unspecified atom stereocenters. The van der Waals surface area contributed by atoms with E-state index in [0.717, 1.165) is 0 Å². The Labute approximate surface area is 422 Å². The Morgan fingerprint density at radius 3 is 1.45 bits per heavy atom. The van der Waals surface area contributed by atoms with E-state index in [9.17, 15) is 78.6 Å². The third kappa shape index (κ3) is 20.6. The molecule has 29 nitrogen and oxygen atoms in total. The summed E-state index contributed by atoms with van der Waals surface area (Å²) >= 11 is 1.33. The number of amides is 9. The Kier molecular flexibility index (Phi) is 26.8. The lowest BCUT2D eigenvalue weighted by molar-refractivity contribution is -0.142. The standard InChI is InChI=1S/C43H66N12O17S/c1-20(2)33(55-41(69)32(18-60)53-40(68)30(16-58)52-39(67)29(15-57)51-34(62)21(3)47-35(63)25(44)14-56)42(70)54-31(17-59)38(66)49-27(11-22-5-7-24(61)8-6-22)37(65)48-26(9-10-73-4)36(64)50-28(43(71)72)12-23-13-45-19-46-23/h5-8,13,19-21,25-33,56-61H,9-12,14-18,44H2,1-4H3,(H,45,46)(H,47,63)(H,48,65)(H,49,66)(H,50,64)(H,51,62)(H,52,67)(H,53,68)(H,54,70)(H,55,69)(H,71,72)/t21-,25-,26-,27-,28-,29-,30-,31-,32-,33-/m0/s1. The maximum atomic E-state index is 14.0. The molecule has 1 aromatic heterocycles. The van der Waals surface area contributed by atoms with Crippen LogP contribution in [-0.2, 0) is 60.8 Å². The highest BCUT2D eigenvalue weighted by molar-refractivity contribution is 7.98. The number of benzene rings is 1. The lowest BCUT2D eigenvalue weighted by atomic mass is 10.0. The number of phenols is 1. The number of hydrogen-bond donors (Lipinski definition) is 18. The Balaban J connectivity index is 2.22. The fourth-order valence-corrected chi connectivity index (χ4v) is 6.82. The number of aromatic hydroxyl groups is 1. The Hall–Kier alpha value is -6.96. The first-order valence-electron chi connectivity index (χ1n) is 22.5. The molecule has 0 saturated carbocycles. The molecule has 406 valence electrons. The molecular weight excluding hydrogens is 989 g/mol. The molecule has 0 spiro atoms. The number of aliphatic carboxylic acids is 1. The van der Waals surface area contributed by atoms with Crippen molar-refractivity contribution in [1.82, 2.24) is 57.8 Å². The number of nitrogens with zero attached hydrogens (tertiary/aromatic N) is 1. The summed E-state index contributed by atoms with van der Waals surface area (Å²) in [4.78, 5) is 138. The van der Waals surface area contributed by atoms with E-state index in [1.807, 2.05) is 0 Å². The fourth-order valence-electron chi connectivity index (χ4n) is 6.35. The van der Waals surface area contributed by atoms with Crippen molar-refractivity contribution >= 4 is 70.9 Å². The summed E-state index contributed by atoms with van der Waals surface area (Å²) in [5.74, 6) is -11.5. The Morgan fingerprint density at radius 1 is 0.562 bits per heavy atom. The summed E-state index contributed by atoms with van der Waals surface area (Å²) in [6.45, 7) is -0.903. The van der Waals surface area contributed by atoms with Crippen molar-refractivity contribution in [1.29, 1.82) is 0 Å². The van der Waals surface area contributed by atoms with E-state index in [2.05, 4.69) is 57.8 Å². The van der Waals surface area contributed by atoms with E-state index in [1.54, 1.807) is 6.26 Å². The van der Waals surface area contributed by atoms with Crippen LogP contribution in [0.5, 0.6) is 5.75 Å². The molecule has 0 saturated heterocycles. The van der Waals surface area contributed by atoms with Crippen LogP contribution in [0.1, 0.15) is 38.4 Å². The first-order chi connectivity index (χ1) is 34.5. The van der Waals surface area contributed by atoms with Crippen LogP contribution in [0, 0.1) is 5.92 Å². The van der Waals surface area contributed by atoms with Crippen LogP contribution >= 0.6 is 11.8 Å². The number of aliphatic hydroxyl groups is 5. The summed E-state index contributed by atoms with van der Waals surface area (Å²) < 4.78 is 0. The molecule has 2 aromatic rings. The smallest absolute Gasteiger partial charge is 0.326 e. The van der Waals surface area contributed by atoms with Crippen LogP contribution in [0.4, 0.5) is 0 Å². The molecule has 73 heavy (non-hydrogen) atoms. The van der Waals surface area contributed by atoms with Crippen LogP contribution in [0.3, 0.4) is 0 Å². The molecule has 19 N–H and O–H groups in total. The summed E-state index contributed by atoms with van der Waals surface area (Å²) in [5.41, 5.74) is 6.21. The van der Waals surface area contributed by atoms with E-state index in [1.165, 1.54) is 69.3 Å². The van der Waals surface area contributed by atoms with Gasteiger partial charge in [-0.15, -0.1) is 0 Å². The van der Waals surface area contributed by atoms with Crippen molar-refractivity contribution in [3.8, 4) is 5.75 Å². The molecule has 1 aromatic carbocycles. The minimum absolute atomic E-state index is 0.0200. The first kappa shape index (κ1) is 62.2. The summed E-state index contributed by atoms with van der Waals surface area (Å²) in [6, 6.07) is -10.2. The van der Waals surface area contributed by atoms with Crippen molar-refractivity contribution in [3.05, 3.63) is 48.0 Å². The normalized spacial score (nSPS) is 15.2. The van der Waals surface area contributed by atoms with Crippen molar-refractivity contribution < 1.29 is 83.7 Å². The maximum absolute atomic E-state index is 14.0. The monoisotopic (exact) mass is 1050 g/mol. The van der Waals surface area contributed by atoms with Gasteiger partial charge in [-0.3, -0.25) is 43.2 Å². The number of aromatic amines is 1. The van der Waals surface area contributed by atoms with E-state index in [0.29, 0.717) is 17.0 Å². The van der Waals surface area contributed by atoms with Crippen LogP contribution in [-0.4, -0.2) is 210 Å². The molecule has 0 aliphatic rings. The number of carbonyl (C=O) groups excluding carboxylic acids is 9. The quantitative estimate of drug-likeness (QED) is 0.0324. The van der Waals surface area contributed by atoms with E-state index in [4.69, 9.17) is 10.8 Å². The maximum Gasteiger partial charge on any atom is 0.326 e. The minimum Gasteiger partial charge on any atom is -0.508 e.